The minimum atomic E-state index is -0.726. The fourth-order valence-corrected chi connectivity index (χ4v) is 4.98. The van der Waals surface area contributed by atoms with Gasteiger partial charge in [-0.2, -0.15) is 0 Å². The lowest BCUT2D eigenvalue weighted by Crippen LogP contribution is -2.21. The maximum atomic E-state index is 14.9. The average Bonchev–Trinajstić information content (AvgIpc) is 2.87. The Morgan fingerprint density at radius 2 is 1.46 bits per heavy atom. The van der Waals surface area contributed by atoms with Crippen LogP contribution in [0.2, 0.25) is 0 Å². The standard InChI is InChI=1S/C30H33F3O2/c1-3-34-25-15-11-22(12-16-25)26-17-13-23(29(32)30(26)33)10-7-20-5-8-21(9-6-20)24-14-18-28(35-4-2)27(31)19-24/h5-6,8-9,13-14,17-19,22,25H,3-4,7,10-12,15-16H2,1-2H3. The van der Waals surface area contributed by atoms with E-state index in [4.69, 9.17) is 9.47 Å². The lowest BCUT2D eigenvalue weighted by Gasteiger charge is -2.29. The number of ether oxygens (including phenoxy) is 2. The Bertz CT molecular complexity index is 1120. The van der Waals surface area contributed by atoms with Gasteiger partial charge in [-0.3, -0.25) is 0 Å². The van der Waals surface area contributed by atoms with Crippen LogP contribution in [0.4, 0.5) is 13.2 Å². The fraction of sp³-hybridized carbons (Fsp3) is 0.400. The molecule has 1 fully saturated rings. The summed E-state index contributed by atoms with van der Waals surface area (Å²) in [6.45, 7) is 4.90. The van der Waals surface area contributed by atoms with Crippen molar-refractivity contribution in [3.05, 3.63) is 88.7 Å². The van der Waals surface area contributed by atoms with Gasteiger partial charge in [-0.15, -0.1) is 0 Å². The summed E-state index contributed by atoms with van der Waals surface area (Å²) in [6.07, 6.45) is 4.67. The van der Waals surface area contributed by atoms with Gasteiger partial charge in [0.25, 0.3) is 0 Å². The lowest BCUT2D eigenvalue weighted by molar-refractivity contribution is 0.0325. The molecule has 1 saturated carbocycles. The van der Waals surface area contributed by atoms with E-state index in [-0.39, 0.29) is 17.8 Å². The van der Waals surface area contributed by atoms with Gasteiger partial charge in [0.2, 0.25) is 0 Å². The molecule has 0 amide bonds. The predicted octanol–water partition coefficient (Wildman–Crippen LogP) is 8.02. The van der Waals surface area contributed by atoms with Gasteiger partial charge < -0.3 is 9.47 Å². The van der Waals surface area contributed by atoms with Gasteiger partial charge in [-0.25, -0.2) is 13.2 Å². The zero-order chi connectivity index (χ0) is 24.8. The predicted molar refractivity (Wildman–Crippen MR) is 133 cm³/mol. The van der Waals surface area contributed by atoms with E-state index in [9.17, 15) is 13.2 Å². The van der Waals surface area contributed by atoms with Gasteiger partial charge in [-0.05, 0) is 98.2 Å². The molecule has 0 aromatic heterocycles. The summed E-state index contributed by atoms with van der Waals surface area (Å²) in [5, 5.41) is 0. The molecule has 3 aromatic rings. The summed E-state index contributed by atoms with van der Waals surface area (Å²) in [5.41, 5.74) is 3.55. The summed E-state index contributed by atoms with van der Waals surface area (Å²) in [5.74, 6) is -1.52. The van der Waals surface area contributed by atoms with Gasteiger partial charge >= 0.3 is 0 Å². The van der Waals surface area contributed by atoms with Crippen molar-refractivity contribution in [3.63, 3.8) is 0 Å². The summed E-state index contributed by atoms with van der Waals surface area (Å²) in [6, 6.07) is 16.2. The lowest BCUT2D eigenvalue weighted by atomic mass is 9.82. The van der Waals surface area contributed by atoms with Gasteiger partial charge in [0, 0.05) is 6.61 Å². The van der Waals surface area contributed by atoms with E-state index in [0.29, 0.717) is 37.2 Å². The molecule has 0 heterocycles. The van der Waals surface area contributed by atoms with E-state index < -0.39 is 17.5 Å². The normalized spacial score (nSPS) is 18.0. The minimum absolute atomic E-state index is 0.0511. The topological polar surface area (TPSA) is 18.5 Å². The maximum Gasteiger partial charge on any atom is 0.165 e. The summed E-state index contributed by atoms with van der Waals surface area (Å²) < 4.78 is 54.9. The Labute approximate surface area is 206 Å². The minimum Gasteiger partial charge on any atom is -0.491 e. The summed E-state index contributed by atoms with van der Waals surface area (Å²) in [4.78, 5) is 0. The van der Waals surface area contributed by atoms with Crippen LogP contribution in [0.15, 0.2) is 54.6 Å². The Hall–Kier alpha value is -2.79. The van der Waals surface area contributed by atoms with Crippen LogP contribution in [0.25, 0.3) is 11.1 Å². The molecule has 0 saturated heterocycles. The molecule has 4 rings (SSSR count). The van der Waals surface area contributed by atoms with Gasteiger partial charge in [0.15, 0.2) is 23.2 Å². The van der Waals surface area contributed by atoms with Crippen molar-refractivity contribution in [2.75, 3.05) is 13.2 Å². The zero-order valence-corrected chi connectivity index (χ0v) is 20.5. The molecule has 2 nitrogen and oxygen atoms in total. The Balaban J connectivity index is 1.38. The van der Waals surface area contributed by atoms with Gasteiger partial charge in [0.05, 0.1) is 12.7 Å². The number of hydrogen-bond acceptors (Lipinski definition) is 2. The molecular weight excluding hydrogens is 449 g/mol. The molecule has 1 aliphatic carbocycles. The first-order valence-electron chi connectivity index (χ1n) is 12.6. The number of halogens is 3. The first kappa shape index (κ1) is 25.3. The van der Waals surface area contributed by atoms with Crippen LogP contribution in [0.3, 0.4) is 0 Å². The number of rotatable bonds is 9. The van der Waals surface area contributed by atoms with Crippen molar-refractivity contribution in [3.8, 4) is 16.9 Å². The van der Waals surface area contributed by atoms with Crippen LogP contribution in [-0.2, 0) is 17.6 Å². The van der Waals surface area contributed by atoms with E-state index in [1.54, 1.807) is 18.2 Å². The Kier molecular flexibility index (Phi) is 8.50. The molecule has 186 valence electrons. The molecule has 0 N–H and O–H groups in total. The van der Waals surface area contributed by atoms with E-state index in [1.807, 2.05) is 44.2 Å². The van der Waals surface area contributed by atoms with Crippen LogP contribution in [-0.4, -0.2) is 19.3 Å². The number of aryl methyl sites for hydroxylation is 2. The first-order chi connectivity index (χ1) is 17.0. The van der Waals surface area contributed by atoms with Gasteiger partial charge in [-0.1, -0.05) is 42.5 Å². The highest BCUT2D eigenvalue weighted by Crippen LogP contribution is 2.36. The molecule has 0 atom stereocenters. The first-order valence-corrected chi connectivity index (χ1v) is 12.6. The van der Waals surface area contributed by atoms with Crippen molar-refractivity contribution in [2.45, 2.75) is 64.4 Å². The maximum absolute atomic E-state index is 14.9. The monoisotopic (exact) mass is 482 g/mol. The quantitative estimate of drug-likeness (QED) is 0.307. The molecule has 5 heteroatoms. The molecule has 0 radical (unpaired) electrons. The second-order valence-electron chi connectivity index (χ2n) is 9.15. The van der Waals surface area contributed by atoms with E-state index in [2.05, 4.69) is 0 Å². The number of benzene rings is 3. The fourth-order valence-electron chi connectivity index (χ4n) is 4.98. The third-order valence-corrected chi connectivity index (χ3v) is 6.91. The largest absolute Gasteiger partial charge is 0.491 e. The number of hydrogen-bond donors (Lipinski definition) is 0. The van der Waals surface area contributed by atoms with Crippen LogP contribution in [0.1, 0.15) is 62.1 Å². The molecule has 1 aliphatic rings. The van der Waals surface area contributed by atoms with Crippen molar-refractivity contribution < 1.29 is 22.6 Å². The average molecular weight is 483 g/mol. The molecule has 3 aromatic carbocycles. The van der Waals surface area contributed by atoms with Crippen molar-refractivity contribution >= 4 is 0 Å². The molecule has 0 unspecified atom stereocenters. The van der Waals surface area contributed by atoms with E-state index in [0.717, 1.165) is 42.4 Å². The highest BCUT2D eigenvalue weighted by molar-refractivity contribution is 5.64. The van der Waals surface area contributed by atoms with Crippen LogP contribution in [0.5, 0.6) is 5.75 Å². The molecule has 0 aliphatic heterocycles. The third-order valence-electron chi connectivity index (χ3n) is 6.91. The van der Waals surface area contributed by atoms with Crippen molar-refractivity contribution in [2.24, 2.45) is 0 Å². The van der Waals surface area contributed by atoms with Gasteiger partial charge in [0.1, 0.15) is 0 Å². The van der Waals surface area contributed by atoms with Crippen molar-refractivity contribution in [1.29, 1.82) is 0 Å². The van der Waals surface area contributed by atoms with Crippen molar-refractivity contribution in [1.82, 2.24) is 0 Å². The molecular formula is C30H33F3O2. The highest BCUT2D eigenvalue weighted by atomic mass is 19.2. The summed E-state index contributed by atoms with van der Waals surface area (Å²) >= 11 is 0. The summed E-state index contributed by atoms with van der Waals surface area (Å²) in [7, 11) is 0. The molecule has 0 bridgehead atoms. The van der Waals surface area contributed by atoms with Crippen LogP contribution in [0, 0.1) is 17.5 Å². The van der Waals surface area contributed by atoms with E-state index in [1.165, 1.54) is 6.07 Å². The SMILES string of the molecule is CCOc1ccc(-c2ccc(CCc3ccc(C4CCC(OCC)CC4)c(F)c3F)cc2)cc1F. The van der Waals surface area contributed by atoms with Crippen LogP contribution < -0.4 is 4.74 Å². The third kappa shape index (κ3) is 6.07. The Morgan fingerprint density at radius 1 is 0.743 bits per heavy atom. The van der Waals surface area contributed by atoms with E-state index >= 15 is 0 Å². The second kappa shape index (κ2) is 11.8. The Morgan fingerprint density at radius 3 is 2.11 bits per heavy atom. The molecule has 0 spiro atoms. The highest BCUT2D eigenvalue weighted by Gasteiger charge is 2.26. The smallest absolute Gasteiger partial charge is 0.165 e. The zero-order valence-electron chi connectivity index (χ0n) is 20.5. The van der Waals surface area contributed by atoms with Crippen LogP contribution >= 0.6 is 0 Å². The second-order valence-corrected chi connectivity index (χ2v) is 9.15. The molecule has 35 heavy (non-hydrogen) atoms.